The Kier molecular flexibility index (Phi) is 3.51. The van der Waals surface area contributed by atoms with Crippen LogP contribution in [0.4, 0.5) is 0 Å². The molecule has 0 radical (unpaired) electrons. The molecular weight excluding hydrogens is 140 g/mol. The van der Waals surface area contributed by atoms with Gasteiger partial charge in [-0.1, -0.05) is 0 Å². The van der Waals surface area contributed by atoms with E-state index >= 15 is 0 Å². The van der Waals surface area contributed by atoms with Crippen LogP contribution in [0.15, 0.2) is 0 Å². The van der Waals surface area contributed by atoms with E-state index in [0.717, 1.165) is 0 Å². The molecule has 1 unspecified atom stereocenters. The van der Waals surface area contributed by atoms with Gasteiger partial charge in [0.15, 0.2) is 6.10 Å². The number of aldehydes is 1. The fourth-order valence-electron chi connectivity index (χ4n) is 0.181. The molecule has 0 amide bonds. The zero-order valence-electron chi connectivity index (χ0n) is 6.36. The molecular formula is C5H8O5. The van der Waals surface area contributed by atoms with Gasteiger partial charge in [-0.15, -0.1) is 0 Å². The number of hydrogen-bond acceptors (Lipinski definition) is 5. The van der Waals surface area contributed by atoms with E-state index in [0.29, 0.717) is 0 Å². The summed E-state index contributed by atoms with van der Waals surface area (Å²) >= 11 is 0. The fraction of sp³-hybridized carbons (Fsp3) is 0.600. The Hall–Kier alpha value is -0.940. The van der Waals surface area contributed by atoms with Crippen LogP contribution < -0.4 is 0 Å². The summed E-state index contributed by atoms with van der Waals surface area (Å²) in [6.45, 7) is 0.562. The SMILES string of the molecule is [3H]C(=O)COOC(=O)C(C)O. The Bertz CT molecular complexity index is 155. The van der Waals surface area contributed by atoms with Crippen molar-refractivity contribution in [3.8, 4) is 0 Å². The number of carbonyl (C=O) groups is 2. The van der Waals surface area contributed by atoms with E-state index in [1.807, 2.05) is 0 Å². The molecule has 0 saturated heterocycles. The minimum absolute atomic E-state index is 0.627. The highest BCUT2D eigenvalue weighted by atomic mass is 17.2. The van der Waals surface area contributed by atoms with Crippen LogP contribution >= 0.6 is 0 Å². The Morgan fingerprint density at radius 2 is 2.60 bits per heavy atom. The third kappa shape index (κ3) is 3.99. The molecule has 1 N–H and O–H groups in total. The van der Waals surface area contributed by atoms with Gasteiger partial charge in [0.2, 0.25) is 0 Å². The third-order valence-corrected chi connectivity index (χ3v) is 0.600. The van der Waals surface area contributed by atoms with Crippen LogP contribution in [-0.4, -0.2) is 30.0 Å². The lowest BCUT2D eigenvalue weighted by molar-refractivity contribution is -0.272. The van der Waals surface area contributed by atoms with Crippen LogP contribution in [0.2, 0.25) is 0 Å². The number of rotatable bonds is 4. The van der Waals surface area contributed by atoms with Gasteiger partial charge in [0.05, 0.1) is 0 Å². The number of hydrogen-bond donors (Lipinski definition) is 1. The Balaban J connectivity index is 3.39. The largest absolute Gasteiger partial charge is 0.382 e. The quantitative estimate of drug-likeness (QED) is 0.317. The molecule has 0 aliphatic heterocycles. The Morgan fingerprint density at radius 1 is 2.00 bits per heavy atom. The zero-order chi connectivity index (χ0) is 8.85. The molecule has 10 heavy (non-hydrogen) atoms. The van der Waals surface area contributed by atoms with E-state index in [9.17, 15) is 9.59 Å². The number of aliphatic hydroxyl groups excluding tert-OH is 1. The fourth-order valence-corrected chi connectivity index (χ4v) is 0.181. The second-order valence-electron chi connectivity index (χ2n) is 1.48. The first kappa shape index (κ1) is 7.17. The van der Waals surface area contributed by atoms with Crippen molar-refractivity contribution < 1.29 is 25.8 Å². The van der Waals surface area contributed by atoms with Gasteiger partial charge in [0, 0.05) is 0 Å². The molecule has 0 spiro atoms. The summed E-state index contributed by atoms with van der Waals surface area (Å²) in [5.41, 5.74) is 0. The van der Waals surface area contributed by atoms with Gasteiger partial charge < -0.3 is 9.90 Å². The lowest BCUT2D eigenvalue weighted by Crippen LogP contribution is -2.19. The van der Waals surface area contributed by atoms with Crippen molar-refractivity contribution in [2.24, 2.45) is 0 Å². The summed E-state index contributed by atoms with van der Waals surface area (Å²) in [6.07, 6.45) is -2.31. The lowest BCUT2D eigenvalue weighted by atomic mass is 10.4. The molecule has 1 atom stereocenters. The highest BCUT2D eigenvalue weighted by Gasteiger charge is 2.10. The highest BCUT2D eigenvalue weighted by molar-refractivity contribution is 5.73. The molecule has 0 saturated carbocycles. The summed E-state index contributed by atoms with van der Waals surface area (Å²) in [6, 6.07) is 0. The molecule has 0 aliphatic carbocycles. The van der Waals surface area contributed by atoms with Gasteiger partial charge in [0.25, 0.3) is 0 Å². The van der Waals surface area contributed by atoms with Gasteiger partial charge >= 0.3 is 5.97 Å². The van der Waals surface area contributed by atoms with Crippen molar-refractivity contribution in [2.75, 3.05) is 6.61 Å². The third-order valence-electron chi connectivity index (χ3n) is 0.600. The van der Waals surface area contributed by atoms with Crippen LogP contribution in [0.3, 0.4) is 0 Å². The smallest absolute Gasteiger partial charge is 0.370 e. The van der Waals surface area contributed by atoms with E-state index < -0.39 is 24.9 Å². The molecule has 0 rings (SSSR count). The van der Waals surface area contributed by atoms with Crippen molar-refractivity contribution in [1.82, 2.24) is 0 Å². The average Bonchev–Trinajstić information content (AvgIpc) is 1.86. The predicted molar refractivity (Wildman–Crippen MR) is 29.8 cm³/mol. The standard InChI is InChI=1S/C5H8O5/c1-4(7)5(8)10-9-3-2-6/h2,4,7H,3H2,1H3/i2T. The van der Waals surface area contributed by atoms with E-state index in [1.54, 1.807) is 0 Å². The first-order valence-corrected chi connectivity index (χ1v) is 2.55. The molecule has 58 valence electrons. The molecule has 5 heteroatoms. The van der Waals surface area contributed by atoms with Crippen LogP contribution in [-0.2, 0) is 19.4 Å². The van der Waals surface area contributed by atoms with E-state index in [4.69, 9.17) is 6.48 Å². The average molecular weight is 150 g/mol. The minimum atomic E-state index is -1.30. The number of aliphatic hydroxyl groups is 1. The maximum Gasteiger partial charge on any atom is 0.370 e. The molecule has 0 aliphatic rings. The van der Waals surface area contributed by atoms with E-state index in [-0.39, 0.29) is 0 Å². The van der Waals surface area contributed by atoms with Crippen molar-refractivity contribution >= 4 is 12.2 Å². The maximum absolute atomic E-state index is 10.4. The van der Waals surface area contributed by atoms with Crippen LogP contribution in [0.1, 0.15) is 8.29 Å². The lowest BCUT2D eigenvalue weighted by Gasteiger charge is -2.01. The van der Waals surface area contributed by atoms with Crippen molar-refractivity contribution in [2.45, 2.75) is 13.0 Å². The van der Waals surface area contributed by atoms with Gasteiger partial charge in [0.1, 0.15) is 14.2 Å². The van der Waals surface area contributed by atoms with Gasteiger partial charge in [-0.25, -0.2) is 4.79 Å². The molecule has 5 nitrogen and oxygen atoms in total. The van der Waals surface area contributed by atoms with Crippen LogP contribution in [0.25, 0.3) is 0 Å². The van der Waals surface area contributed by atoms with Crippen molar-refractivity contribution in [1.29, 1.82) is 0 Å². The molecule has 0 aromatic carbocycles. The normalized spacial score (nSPS) is 13.6. The summed E-state index contributed by atoms with van der Waals surface area (Å²) < 4.78 is 6.31. The summed E-state index contributed by atoms with van der Waals surface area (Å²) in [7, 11) is 0. The van der Waals surface area contributed by atoms with Gasteiger partial charge in [-0.05, 0) is 6.92 Å². The minimum Gasteiger partial charge on any atom is -0.382 e. The maximum atomic E-state index is 10.4. The summed E-state index contributed by atoms with van der Waals surface area (Å²) in [4.78, 5) is 28.1. The molecule has 0 heterocycles. The van der Waals surface area contributed by atoms with Gasteiger partial charge in [-0.2, -0.15) is 4.89 Å². The number of carbonyl (C=O) groups excluding carboxylic acids is 2. The molecule has 0 bridgehead atoms. The van der Waals surface area contributed by atoms with E-state index in [2.05, 4.69) is 9.78 Å². The van der Waals surface area contributed by atoms with Crippen LogP contribution in [0, 0.1) is 0 Å². The first-order valence-electron chi connectivity index (χ1n) is 3.05. The van der Waals surface area contributed by atoms with Gasteiger partial charge in [-0.3, -0.25) is 4.89 Å². The Labute approximate surface area is 58.9 Å². The Morgan fingerprint density at radius 3 is 3.00 bits per heavy atom. The second-order valence-corrected chi connectivity index (χ2v) is 1.48. The first-order chi connectivity index (χ1) is 5.04. The van der Waals surface area contributed by atoms with Crippen molar-refractivity contribution in [3.63, 3.8) is 0 Å². The molecule has 0 aromatic rings. The topological polar surface area (TPSA) is 72.8 Å². The second kappa shape index (κ2) is 4.89. The zero-order valence-corrected chi connectivity index (χ0v) is 5.36. The summed E-state index contributed by atoms with van der Waals surface area (Å²) in [5.74, 6) is -0.994. The highest BCUT2D eigenvalue weighted by Crippen LogP contribution is 1.86. The van der Waals surface area contributed by atoms with E-state index in [1.165, 1.54) is 6.92 Å². The monoisotopic (exact) mass is 150 g/mol. The van der Waals surface area contributed by atoms with Crippen LogP contribution in [0.5, 0.6) is 0 Å². The predicted octanol–water partition coefficient (Wildman–Crippen LogP) is -0.959. The summed E-state index contributed by atoms with van der Waals surface area (Å²) in [5, 5.41) is 8.50. The molecule has 0 fully saturated rings. The van der Waals surface area contributed by atoms with Crippen molar-refractivity contribution in [3.05, 3.63) is 0 Å². The molecule has 0 aromatic heterocycles.